The lowest BCUT2D eigenvalue weighted by Crippen LogP contribution is -1.93. The van der Waals surface area contributed by atoms with Crippen LogP contribution >= 0.6 is 0 Å². The highest BCUT2D eigenvalue weighted by Crippen LogP contribution is 1.85. The Hall–Kier alpha value is -1.12. The summed E-state index contributed by atoms with van der Waals surface area (Å²) in [5, 5.41) is 7.05. The minimum atomic E-state index is 0.427. The van der Waals surface area contributed by atoms with Gasteiger partial charge < -0.3 is 10.1 Å². The smallest absolute Gasteiger partial charge is 0.176 e. The Morgan fingerprint density at radius 1 is 1.75 bits per heavy atom. The van der Waals surface area contributed by atoms with Crippen molar-refractivity contribution in [3.8, 4) is 0 Å². The molecule has 1 aliphatic rings. The average molecular weight is 110 g/mol. The minimum absolute atomic E-state index is 0.427. The predicted octanol–water partition coefficient (Wildman–Crippen LogP) is 0.578. The van der Waals surface area contributed by atoms with E-state index in [1.54, 1.807) is 6.08 Å². The first kappa shape index (κ1) is 5.03. The van der Waals surface area contributed by atoms with Gasteiger partial charge in [-0.25, -0.2) is 0 Å². The maximum atomic E-state index is 7.05. The molecule has 0 aromatic carbocycles. The zero-order chi connectivity index (χ0) is 5.82. The van der Waals surface area contributed by atoms with Crippen molar-refractivity contribution in [2.45, 2.75) is 0 Å². The maximum Gasteiger partial charge on any atom is 0.176 e. The molecule has 0 aromatic rings. The number of nitrogens with zero attached hydrogens (tertiary/aromatic N) is 1. The molecule has 0 fully saturated rings. The number of hydrogen-bond acceptors (Lipinski definition) is 3. The van der Waals surface area contributed by atoms with E-state index in [1.165, 1.54) is 12.7 Å². The zero-order valence-electron chi connectivity index (χ0n) is 4.29. The van der Waals surface area contributed by atoms with E-state index in [1.807, 2.05) is 0 Å². The van der Waals surface area contributed by atoms with Crippen LogP contribution in [0.5, 0.6) is 0 Å². The summed E-state index contributed by atoms with van der Waals surface area (Å²) in [5.41, 5.74) is 0.471. The van der Waals surface area contributed by atoms with Crippen LogP contribution in [0.25, 0.3) is 0 Å². The summed E-state index contributed by atoms with van der Waals surface area (Å²) in [6.45, 7) is 0.427. The van der Waals surface area contributed by atoms with Gasteiger partial charge in [0.1, 0.15) is 0 Å². The lowest BCUT2D eigenvalue weighted by atomic mass is 10.4. The van der Waals surface area contributed by atoms with Crippen LogP contribution in [0.3, 0.4) is 0 Å². The molecule has 3 nitrogen and oxygen atoms in total. The van der Waals surface area contributed by atoms with Crippen LogP contribution in [0, 0.1) is 5.41 Å². The number of hydrogen-bond donors (Lipinski definition) is 1. The van der Waals surface area contributed by atoms with Crippen LogP contribution in [0.15, 0.2) is 17.3 Å². The van der Waals surface area contributed by atoms with Crippen LogP contribution in [0.1, 0.15) is 0 Å². The molecule has 1 rings (SSSR count). The van der Waals surface area contributed by atoms with Crippen molar-refractivity contribution in [2.24, 2.45) is 4.99 Å². The first-order chi connectivity index (χ1) is 3.89. The van der Waals surface area contributed by atoms with Gasteiger partial charge in [0.15, 0.2) is 6.40 Å². The maximum absolute atomic E-state index is 7.05. The fourth-order valence-electron chi connectivity index (χ4n) is 0.388. The summed E-state index contributed by atoms with van der Waals surface area (Å²) in [6.07, 6.45) is 4.35. The molecule has 0 atom stereocenters. The van der Waals surface area contributed by atoms with Crippen molar-refractivity contribution in [2.75, 3.05) is 6.54 Å². The first-order valence-electron chi connectivity index (χ1n) is 2.27. The Morgan fingerprint density at radius 2 is 2.62 bits per heavy atom. The lowest BCUT2D eigenvalue weighted by molar-refractivity contribution is 0.495. The molecule has 42 valence electrons. The second-order valence-electron chi connectivity index (χ2n) is 1.41. The summed E-state index contributed by atoms with van der Waals surface area (Å²) in [7, 11) is 0. The van der Waals surface area contributed by atoms with Gasteiger partial charge in [0.2, 0.25) is 0 Å². The summed E-state index contributed by atoms with van der Waals surface area (Å²) in [4.78, 5) is 3.72. The Kier molecular flexibility index (Phi) is 1.42. The number of rotatable bonds is 0. The van der Waals surface area contributed by atoms with Crippen molar-refractivity contribution in [1.29, 1.82) is 5.41 Å². The van der Waals surface area contributed by atoms with Crippen LogP contribution in [-0.2, 0) is 4.74 Å². The quantitative estimate of drug-likeness (QED) is 0.487. The van der Waals surface area contributed by atoms with Gasteiger partial charge in [-0.3, -0.25) is 4.99 Å². The summed E-state index contributed by atoms with van der Waals surface area (Å²) < 4.78 is 4.65. The van der Waals surface area contributed by atoms with E-state index in [0.29, 0.717) is 12.3 Å². The van der Waals surface area contributed by atoms with E-state index < -0.39 is 0 Å². The van der Waals surface area contributed by atoms with Gasteiger partial charge in [0.25, 0.3) is 0 Å². The molecule has 3 heteroatoms. The van der Waals surface area contributed by atoms with Gasteiger partial charge in [0, 0.05) is 0 Å². The third-order valence-corrected chi connectivity index (χ3v) is 0.745. The molecule has 1 aliphatic heterocycles. The Morgan fingerprint density at radius 3 is 3.50 bits per heavy atom. The highest BCUT2D eigenvalue weighted by molar-refractivity contribution is 5.94. The molecule has 0 saturated heterocycles. The van der Waals surface area contributed by atoms with E-state index in [-0.39, 0.29) is 0 Å². The molecule has 1 heterocycles. The molecule has 0 spiro atoms. The zero-order valence-corrected chi connectivity index (χ0v) is 4.29. The normalized spacial score (nSPS) is 17.8. The van der Waals surface area contributed by atoms with E-state index in [2.05, 4.69) is 9.73 Å². The highest BCUT2D eigenvalue weighted by atomic mass is 16.5. The van der Waals surface area contributed by atoms with Gasteiger partial charge in [-0.1, -0.05) is 0 Å². The second kappa shape index (κ2) is 2.26. The van der Waals surface area contributed by atoms with Crippen LogP contribution in [0.4, 0.5) is 0 Å². The molecule has 1 N–H and O–H groups in total. The SMILES string of the molecule is N=C1C=COC=NC1. The standard InChI is InChI=1S/C5H6N2O/c6-5-1-2-8-4-7-3-5/h1-2,4,6H,3H2. The van der Waals surface area contributed by atoms with Gasteiger partial charge in [-0.15, -0.1) is 0 Å². The highest BCUT2D eigenvalue weighted by Gasteiger charge is 1.89. The fraction of sp³-hybridized carbons (Fsp3) is 0.200. The van der Waals surface area contributed by atoms with Gasteiger partial charge in [0.05, 0.1) is 18.5 Å². The molecule has 0 aromatic heterocycles. The number of nitrogens with one attached hydrogen (secondary N) is 1. The van der Waals surface area contributed by atoms with Gasteiger partial charge >= 0.3 is 0 Å². The summed E-state index contributed by atoms with van der Waals surface area (Å²) in [6, 6.07) is 0. The molecule has 0 saturated carbocycles. The monoisotopic (exact) mass is 110 g/mol. The first-order valence-corrected chi connectivity index (χ1v) is 2.27. The Bertz CT molecular complexity index is 149. The van der Waals surface area contributed by atoms with Gasteiger partial charge in [-0.05, 0) is 6.08 Å². The molecular formula is C5H6N2O. The second-order valence-corrected chi connectivity index (χ2v) is 1.41. The molecule has 0 unspecified atom stereocenters. The lowest BCUT2D eigenvalue weighted by Gasteiger charge is -1.81. The van der Waals surface area contributed by atoms with Crippen molar-refractivity contribution in [1.82, 2.24) is 0 Å². The van der Waals surface area contributed by atoms with Crippen molar-refractivity contribution in [3.05, 3.63) is 12.3 Å². The molecule has 0 amide bonds. The average Bonchev–Trinajstić information content (AvgIpc) is 1.94. The van der Waals surface area contributed by atoms with Crippen molar-refractivity contribution < 1.29 is 4.74 Å². The largest absolute Gasteiger partial charge is 0.454 e. The molecule has 8 heavy (non-hydrogen) atoms. The van der Waals surface area contributed by atoms with E-state index in [9.17, 15) is 0 Å². The van der Waals surface area contributed by atoms with E-state index in [0.717, 1.165) is 0 Å². The van der Waals surface area contributed by atoms with Crippen LogP contribution < -0.4 is 0 Å². The van der Waals surface area contributed by atoms with Crippen LogP contribution in [0.2, 0.25) is 0 Å². The summed E-state index contributed by atoms with van der Waals surface area (Å²) >= 11 is 0. The Balaban J connectivity index is 2.61. The van der Waals surface area contributed by atoms with E-state index >= 15 is 0 Å². The van der Waals surface area contributed by atoms with Crippen molar-refractivity contribution >= 4 is 12.1 Å². The van der Waals surface area contributed by atoms with E-state index in [4.69, 9.17) is 5.41 Å². The topological polar surface area (TPSA) is 45.4 Å². The number of aliphatic imine (C=N–C) groups is 1. The Labute approximate surface area is 47.2 Å². The van der Waals surface area contributed by atoms with Crippen LogP contribution in [-0.4, -0.2) is 18.7 Å². The molecule has 0 radical (unpaired) electrons. The molecule has 0 aliphatic carbocycles. The van der Waals surface area contributed by atoms with Gasteiger partial charge in [-0.2, -0.15) is 0 Å². The predicted molar refractivity (Wildman–Crippen MR) is 31.3 cm³/mol. The number of ether oxygens (including phenoxy) is 1. The fourth-order valence-corrected chi connectivity index (χ4v) is 0.388. The molecular weight excluding hydrogens is 104 g/mol. The summed E-state index contributed by atoms with van der Waals surface area (Å²) in [5.74, 6) is 0. The molecule has 0 bridgehead atoms. The third kappa shape index (κ3) is 1.18. The van der Waals surface area contributed by atoms with Crippen molar-refractivity contribution in [3.63, 3.8) is 0 Å². The third-order valence-electron chi connectivity index (χ3n) is 0.745. The minimum Gasteiger partial charge on any atom is -0.454 e.